The first-order valence-electron chi connectivity index (χ1n) is 15.4. The van der Waals surface area contributed by atoms with Crippen LogP contribution in [-0.4, -0.2) is 29.2 Å². The number of esters is 1. The van der Waals surface area contributed by atoms with Gasteiger partial charge in [-0.3, -0.25) is 0 Å². The predicted octanol–water partition coefficient (Wildman–Crippen LogP) is 10.5. The van der Waals surface area contributed by atoms with Crippen LogP contribution in [0.4, 0.5) is 0 Å². The molecular weight excluding hydrogens is 573 g/mol. The van der Waals surface area contributed by atoms with Gasteiger partial charge < -0.3 is 13.6 Å². The summed E-state index contributed by atoms with van der Waals surface area (Å²) < 4.78 is 18.3. The van der Waals surface area contributed by atoms with Gasteiger partial charge in [0.25, 0.3) is 0 Å². The van der Waals surface area contributed by atoms with Crippen molar-refractivity contribution in [1.82, 2.24) is 0 Å². The fourth-order valence-corrected chi connectivity index (χ4v) is 6.78. The van der Waals surface area contributed by atoms with Crippen LogP contribution in [0.2, 0.25) is 36.3 Å². The van der Waals surface area contributed by atoms with Crippen molar-refractivity contribution in [3.05, 3.63) is 75.0 Å². The summed E-state index contributed by atoms with van der Waals surface area (Å²) in [6, 6.07) is 9.17. The van der Waals surface area contributed by atoms with Crippen LogP contribution in [0, 0.1) is 0 Å². The van der Waals surface area contributed by atoms with Crippen molar-refractivity contribution < 1.29 is 18.4 Å². The summed E-state index contributed by atoms with van der Waals surface area (Å²) in [6.07, 6.45) is 8.16. The molecule has 0 spiro atoms. The summed E-state index contributed by atoms with van der Waals surface area (Å²) in [5.74, 6) is -0.303. The minimum atomic E-state index is -1.89. The Morgan fingerprint density at radius 2 is 1.40 bits per heavy atom. The van der Waals surface area contributed by atoms with Gasteiger partial charge in [-0.1, -0.05) is 78.8 Å². The van der Waals surface area contributed by atoms with E-state index in [-0.39, 0.29) is 16.0 Å². The van der Waals surface area contributed by atoms with E-state index in [1.54, 1.807) is 17.4 Å². The van der Waals surface area contributed by atoms with Gasteiger partial charge in [0, 0.05) is 11.0 Å². The molecule has 1 aromatic carbocycles. The van der Waals surface area contributed by atoms with Crippen LogP contribution in [0.5, 0.6) is 0 Å². The summed E-state index contributed by atoms with van der Waals surface area (Å²) >= 11 is 1.77. The number of hydrogen-bond donors (Lipinski definition) is 0. The Morgan fingerprint density at radius 1 is 0.833 bits per heavy atom. The number of carbonyl (C=O) groups is 1. The first-order valence-corrected chi connectivity index (χ1v) is 22.1. The maximum Gasteiger partial charge on any atom is 0.330 e. The van der Waals surface area contributed by atoms with E-state index in [1.165, 1.54) is 38.8 Å². The molecule has 0 atom stereocenters. The molecule has 1 aromatic heterocycles. The van der Waals surface area contributed by atoms with Gasteiger partial charge in [-0.2, -0.15) is 0 Å². The second-order valence-electron chi connectivity index (χ2n) is 14.2. The quantitative estimate of drug-likeness (QED) is 0.0904. The van der Waals surface area contributed by atoms with E-state index < -0.39 is 16.6 Å². The minimum absolute atomic E-state index is 0.166. The molecule has 234 valence electrons. The number of allylic oxidation sites excluding steroid dienone is 3. The molecule has 2 aromatic rings. The summed E-state index contributed by atoms with van der Waals surface area (Å²) in [6.45, 7) is 28.7. The zero-order valence-corrected chi connectivity index (χ0v) is 31.2. The number of carbonyl (C=O) groups excluding carboxylic acids is 1. The number of hydrogen-bond acceptors (Lipinski definition) is 5. The molecule has 0 aliphatic carbocycles. The van der Waals surface area contributed by atoms with Gasteiger partial charge in [0.15, 0.2) is 16.6 Å². The molecule has 0 aliphatic heterocycles. The van der Waals surface area contributed by atoms with Crippen LogP contribution in [0.3, 0.4) is 0 Å². The van der Waals surface area contributed by atoms with Crippen LogP contribution in [0.1, 0.15) is 88.9 Å². The van der Waals surface area contributed by atoms with Gasteiger partial charge in [0.1, 0.15) is 0 Å². The highest BCUT2D eigenvalue weighted by molar-refractivity contribution is 7.11. The first kappa shape index (κ1) is 36.4. The van der Waals surface area contributed by atoms with E-state index in [0.717, 1.165) is 19.3 Å². The Labute approximate surface area is 262 Å². The Bertz CT molecular complexity index is 1230. The molecule has 0 bridgehead atoms. The molecule has 7 heteroatoms. The van der Waals surface area contributed by atoms with Crippen LogP contribution < -0.4 is 0 Å². The van der Waals surface area contributed by atoms with Gasteiger partial charge in [-0.15, -0.1) is 11.3 Å². The fraction of sp³-hybridized carbons (Fsp3) is 0.571. The lowest BCUT2D eigenvalue weighted by Gasteiger charge is -2.37. The molecule has 0 fully saturated rings. The average Bonchev–Trinajstić information content (AvgIpc) is 3.35. The summed E-state index contributed by atoms with van der Waals surface area (Å²) in [7, 11) is -3.75. The maximum absolute atomic E-state index is 11.6. The highest BCUT2D eigenvalue weighted by atomic mass is 32.1. The van der Waals surface area contributed by atoms with Crippen molar-refractivity contribution in [2.75, 3.05) is 6.61 Å². The standard InChI is InChI=1S/C35H56O4SSi2/c1-13-29(16-15-17-33(36)37-14-2)32-23-28(26-40-32)19-18-27-20-21-30(24-38-41(9,10)34(3,4)5)31(22-27)25-39-42(11,12)35(6,7)8/h15-17,20-23,26H,13-14,18-19,24-25H2,1-12H3. The molecule has 0 radical (unpaired) electrons. The van der Waals surface area contributed by atoms with Crippen LogP contribution in [0.15, 0.2) is 47.9 Å². The van der Waals surface area contributed by atoms with E-state index in [1.807, 2.05) is 13.0 Å². The largest absolute Gasteiger partial charge is 0.463 e. The smallest absolute Gasteiger partial charge is 0.330 e. The number of ether oxygens (including phenoxy) is 1. The maximum atomic E-state index is 11.6. The lowest BCUT2D eigenvalue weighted by Crippen LogP contribution is -2.41. The lowest BCUT2D eigenvalue weighted by atomic mass is 10.00. The Hall–Kier alpha value is -1.78. The molecule has 0 saturated carbocycles. The molecule has 0 amide bonds. The highest BCUT2D eigenvalue weighted by Crippen LogP contribution is 2.39. The topological polar surface area (TPSA) is 44.8 Å². The monoisotopic (exact) mass is 628 g/mol. The molecule has 0 aliphatic rings. The van der Waals surface area contributed by atoms with Crippen molar-refractivity contribution in [2.24, 2.45) is 0 Å². The van der Waals surface area contributed by atoms with E-state index in [9.17, 15) is 4.79 Å². The summed E-state index contributed by atoms with van der Waals surface area (Å²) in [5.41, 5.74) is 6.40. The molecule has 42 heavy (non-hydrogen) atoms. The van der Waals surface area contributed by atoms with Crippen molar-refractivity contribution in [2.45, 2.75) is 124 Å². The van der Waals surface area contributed by atoms with Crippen molar-refractivity contribution >= 4 is 39.5 Å². The lowest BCUT2D eigenvalue weighted by molar-refractivity contribution is -0.137. The van der Waals surface area contributed by atoms with Gasteiger partial charge in [-0.05, 0) is 102 Å². The Kier molecular flexibility index (Phi) is 13.3. The van der Waals surface area contributed by atoms with E-state index >= 15 is 0 Å². The second kappa shape index (κ2) is 15.3. The third-order valence-corrected chi connectivity index (χ3v) is 18.9. The van der Waals surface area contributed by atoms with Gasteiger partial charge >= 0.3 is 5.97 Å². The summed E-state index contributed by atoms with van der Waals surface area (Å²) in [4.78, 5) is 12.9. The minimum Gasteiger partial charge on any atom is -0.463 e. The third kappa shape index (κ3) is 10.7. The average molecular weight is 629 g/mol. The van der Waals surface area contributed by atoms with Gasteiger partial charge in [0.2, 0.25) is 0 Å². The van der Waals surface area contributed by atoms with E-state index in [4.69, 9.17) is 13.6 Å². The van der Waals surface area contributed by atoms with Crippen molar-refractivity contribution in [3.8, 4) is 0 Å². The predicted molar refractivity (Wildman–Crippen MR) is 186 cm³/mol. The van der Waals surface area contributed by atoms with Gasteiger partial charge in [-0.25, -0.2) is 4.79 Å². The number of aryl methyl sites for hydroxylation is 2. The van der Waals surface area contributed by atoms with Crippen LogP contribution in [0.25, 0.3) is 5.57 Å². The number of thiophene rings is 1. The normalized spacial score (nSPS) is 13.7. The second-order valence-corrected chi connectivity index (χ2v) is 24.7. The third-order valence-electron chi connectivity index (χ3n) is 8.93. The van der Waals surface area contributed by atoms with E-state index in [0.29, 0.717) is 19.8 Å². The SMILES string of the molecule is CCOC(=O)C=CC=C(CC)c1cc(CCc2ccc(CO[Si](C)(C)C(C)(C)C)c(CO[Si](C)(C)C(C)(C)C)c2)cs1. The number of benzene rings is 1. The van der Waals surface area contributed by atoms with Crippen LogP contribution in [-0.2, 0) is 44.4 Å². The molecule has 1 heterocycles. The Balaban J connectivity index is 2.21. The van der Waals surface area contributed by atoms with E-state index in [2.05, 4.69) is 104 Å². The van der Waals surface area contributed by atoms with Crippen LogP contribution >= 0.6 is 11.3 Å². The van der Waals surface area contributed by atoms with Gasteiger partial charge in [0.05, 0.1) is 19.8 Å². The molecule has 4 nitrogen and oxygen atoms in total. The van der Waals surface area contributed by atoms with Crippen molar-refractivity contribution in [3.63, 3.8) is 0 Å². The molecule has 0 unspecified atom stereocenters. The molecule has 0 N–H and O–H groups in total. The summed E-state index contributed by atoms with van der Waals surface area (Å²) in [5, 5.41) is 2.60. The first-order chi connectivity index (χ1) is 19.4. The molecule has 0 saturated heterocycles. The number of rotatable bonds is 14. The molecule has 2 rings (SSSR count). The Morgan fingerprint density at radius 3 is 1.95 bits per heavy atom. The zero-order chi connectivity index (χ0) is 31.8. The zero-order valence-electron chi connectivity index (χ0n) is 28.4. The fourth-order valence-electron chi connectivity index (χ4n) is 3.83. The molecular formula is C35H56O4SSi2. The van der Waals surface area contributed by atoms with Crippen molar-refractivity contribution in [1.29, 1.82) is 0 Å². The highest BCUT2D eigenvalue weighted by Gasteiger charge is 2.38.